The summed E-state index contributed by atoms with van der Waals surface area (Å²) in [6.45, 7) is 1.94. The quantitative estimate of drug-likeness (QED) is 0.610. The molecule has 2 rings (SSSR count). The zero-order valence-electron chi connectivity index (χ0n) is 17.4. The standard InChI is InChI=1S/C20H22F3N3O5S/c1-12(2)17(18(28)20(21,22)23)24-16(27)11-26-15(13-7-5-4-6-8-13)10-9-14(19(26)29)25-32(3,30)31/h4-10,12,17,25H,11H2,1-3H3,(H,24,27). The highest BCUT2D eigenvalue weighted by Gasteiger charge is 2.45. The average molecular weight is 473 g/mol. The molecule has 1 heterocycles. The van der Waals surface area contributed by atoms with Crippen molar-refractivity contribution in [3.05, 3.63) is 52.8 Å². The summed E-state index contributed by atoms with van der Waals surface area (Å²) in [5.74, 6) is -3.99. The van der Waals surface area contributed by atoms with Gasteiger partial charge in [-0.25, -0.2) is 8.42 Å². The highest BCUT2D eigenvalue weighted by atomic mass is 32.2. The fraction of sp³-hybridized carbons (Fsp3) is 0.350. The van der Waals surface area contributed by atoms with E-state index in [1.165, 1.54) is 26.0 Å². The largest absolute Gasteiger partial charge is 0.452 e. The summed E-state index contributed by atoms with van der Waals surface area (Å²) in [6.07, 6.45) is -4.31. The molecule has 1 aromatic carbocycles. The lowest BCUT2D eigenvalue weighted by molar-refractivity contribution is -0.174. The molecule has 8 nitrogen and oxygen atoms in total. The summed E-state index contributed by atoms with van der Waals surface area (Å²) < 4.78 is 64.7. The van der Waals surface area contributed by atoms with Crippen molar-refractivity contribution in [1.82, 2.24) is 9.88 Å². The monoisotopic (exact) mass is 473 g/mol. The van der Waals surface area contributed by atoms with Crippen molar-refractivity contribution < 1.29 is 31.2 Å². The van der Waals surface area contributed by atoms with E-state index in [-0.39, 0.29) is 11.4 Å². The summed E-state index contributed by atoms with van der Waals surface area (Å²) >= 11 is 0. The van der Waals surface area contributed by atoms with Crippen LogP contribution in [0.15, 0.2) is 47.3 Å². The molecule has 0 fully saturated rings. The molecular formula is C20H22F3N3O5S. The Balaban J connectivity index is 2.47. The highest BCUT2D eigenvalue weighted by Crippen LogP contribution is 2.22. The van der Waals surface area contributed by atoms with E-state index in [9.17, 15) is 36.0 Å². The van der Waals surface area contributed by atoms with Gasteiger partial charge in [0.05, 0.1) is 18.0 Å². The van der Waals surface area contributed by atoms with Crippen LogP contribution in [0.2, 0.25) is 0 Å². The molecule has 12 heteroatoms. The van der Waals surface area contributed by atoms with Crippen molar-refractivity contribution in [3.63, 3.8) is 0 Å². The van der Waals surface area contributed by atoms with Crippen LogP contribution in [0.5, 0.6) is 0 Å². The van der Waals surface area contributed by atoms with Crippen molar-refractivity contribution in [3.8, 4) is 11.3 Å². The van der Waals surface area contributed by atoms with Crippen LogP contribution in [0, 0.1) is 5.92 Å². The van der Waals surface area contributed by atoms with Crippen molar-refractivity contribution >= 4 is 27.4 Å². The Bertz CT molecular complexity index is 1160. The molecule has 32 heavy (non-hydrogen) atoms. The number of carbonyl (C=O) groups is 2. The van der Waals surface area contributed by atoms with Crippen molar-refractivity contribution in [2.24, 2.45) is 5.92 Å². The van der Waals surface area contributed by atoms with Crippen molar-refractivity contribution in [2.45, 2.75) is 32.6 Å². The molecule has 0 spiro atoms. The van der Waals surface area contributed by atoms with E-state index < -0.39 is 52.0 Å². The van der Waals surface area contributed by atoms with E-state index in [1.54, 1.807) is 30.3 Å². The third-order valence-corrected chi connectivity index (χ3v) is 4.98. The van der Waals surface area contributed by atoms with Gasteiger partial charge in [0.15, 0.2) is 0 Å². The normalized spacial score (nSPS) is 13.0. The number of amides is 1. The van der Waals surface area contributed by atoms with Crippen LogP contribution in [0.4, 0.5) is 18.9 Å². The first-order chi connectivity index (χ1) is 14.7. The third kappa shape index (κ3) is 6.42. The summed E-state index contributed by atoms with van der Waals surface area (Å²) in [5.41, 5.74) is -0.481. The number of aromatic nitrogens is 1. The van der Waals surface area contributed by atoms with Gasteiger partial charge in [0, 0.05) is 0 Å². The maximum Gasteiger partial charge on any atom is 0.452 e. The molecule has 2 aromatic rings. The van der Waals surface area contributed by atoms with E-state index in [0.29, 0.717) is 5.56 Å². The van der Waals surface area contributed by atoms with Gasteiger partial charge >= 0.3 is 6.18 Å². The third-order valence-electron chi connectivity index (χ3n) is 4.39. The fourth-order valence-corrected chi connectivity index (χ4v) is 3.50. The number of Topliss-reactive ketones (excluding diaryl/α,β-unsaturated/α-hetero) is 1. The number of hydrogen-bond acceptors (Lipinski definition) is 5. The second-order valence-corrected chi connectivity index (χ2v) is 9.16. The topological polar surface area (TPSA) is 114 Å². The Hall–Kier alpha value is -3.15. The van der Waals surface area contributed by atoms with E-state index >= 15 is 0 Å². The number of nitrogens with one attached hydrogen (secondary N) is 2. The van der Waals surface area contributed by atoms with Crippen LogP contribution >= 0.6 is 0 Å². The van der Waals surface area contributed by atoms with Gasteiger partial charge in [-0.2, -0.15) is 13.2 Å². The van der Waals surface area contributed by atoms with E-state index in [0.717, 1.165) is 10.8 Å². The molecule has 1 atom stereocenters. The predicted molar refractivity (Wildman–Crippen MR) is 112 cm³/mol. The summed E-state index contributed by atoms with van der Waals surface area (Å²) in [6, 6.07) is 9.12. The molecule has 174 valence electrons. The van der Waals surface area contributed by atoms with E-state index in [2.05, 4.69) is 0 Å². The van der Waals surface area contributed by atoms with Gasteiger partial charge in [0.2, 0.25) is 15.9 Å². The zero-order valence-corrected chi connectivity index (χ0v) is 18.3. The van der Waals surface area contributed by atoms with Crippen LogP contribution in [0.25, 0.3) is 11.3 Å². The lowest BCUT2D eigenvalue weighted by Gasteiger charge is -2.23. The van der Waals surface area contributed by atoms with Crippen LogP contribution in [-0.4, -0.2) is 43.1 Å². The first-order valence-corrected chi connectivity index (χ1v) is 11.3. The minimum absolute atomic E-state index is 0.230. The maximum absolute atomic E-state index is 12.9. The SMILES string of the molecule is CC(C)C(NC(=O)Cn1c(-c2ccccc2)ccc(NS(C)(=O)=O)c1=O)C(=O)C(F)(F)F. The minimum Gasteiger partial charge on any atom is -0.344 e. The molecule has 0 aliphatic heterocycles. The highest BCUT2D eigenvalue weighted by molar-refractivity contribution is 7.92. The lowest BCUT2D eigenvalue weighted by atomic mass is 9.99. The summed E-state index contributed by atoms with van der Waals surface area (Å²) in [5, 5.41) is 2.04. The van der Waals surface area contributed by atoms with Gasteiger partial charge in [0.1, 0.15) is 12.2 Å². The number of ketones is 1. The zero-order chi connectivity index (χ0) is 24.3. The van der Waals surface area contributed by atoms with E-state index in [4.69, 9.17) is 0 Å². The van der Waals surface area contributed by atoms with Gasteiger partial charge in [-0.3, -0.25) is 23.7 Å². The molecule has 0 aliphatic carbocycles. The average Bonchev–Trinajstić information content (AvgIpc) is 2.67. The van der Waals surface area contributed by atoms with Crippen molar-refractivity contribution in [1.29, 1.82) is 0 Å². The van der Waals surface area contributed by atoms with Gasteiger partial charge in [-0.1, -0.05) is 44.2 Å². The molecule has 2 N–H and O–H groups in total. The molecule has 0 aliphatic rings. The maximum atomic E-state index is 12.9. The number of anilines is 1. The summed E-state index contributed by atoms with van der Waals surface area (Å²) in [4.78, 5) is 37.1. The second-order valence-electron chi connectivity index (χ2n) is 7.42. The van der Waals surface area contributed by atoms with Gasteiger partial charge < -0.3 is 5.32 Å². The Morgan fingerprint density at radius 1 is 1.06 bits per heavy atom. The molecule has 1 aromatic heterocycles. The Morgan fingerprint density at radius 2 is 1.66 bits per heavy atom. The number of halogens is 3. The molecule has 0 saturated heterocycles. The lowest BCUT2D eigenvalue weighted by Crippen LogP contribution is -2.50. The van der Waals surface area contributed by atoms with Crippen LogP contribution < -0.4 is 15.6 Å². The van der Waals surface area contributed by atoms with Crippen LogP contribution in [0.1, 0.15) is 13.8 Å². The second kappa shape index (κ2) is 9.55. The summed E-state index contributed by atoms with van der Waals surface area (Å²) in [7, 11) is -3.81. The number of benzene rings is 1. The van der Waals surface area contributed by atoms with E-state index in [1.807, 2.05) is 10.0 Å². The Labute approximate surface area is 182 Å². The number of rotatable bonds is 8. The van der Waals surface area contributed by atoms with Gasteiger partial charge in [-0.15, -0.1) is 0 Å². The minimum atomic E-state index is -5.15. The van der Waals surface area contributed by atoms with Crippen LogP contribution in [-0.2, 0) is 26.2 Å². The molecule has 0 radical (unpaired) electrons. The number of carbonyl (C=O) groups excluding carboxylic acids is 2. The Morgan fingerprint density at radius 3 is 2.16 bits per heavy atom. The van der Waals surface area contributed by atoms with Crippen LogP contribution in [0.3, 0.4) is 0 Å². The number of sulfonamides is 1. The number of alkyl halides is 3. The molecule has 0 bridgehead atoms. The first-order valence-electron chi connectivity index (χ1n) is 9.38. The number of nitrogens with zero attached hydrogens (tertiary/aromatic N) is 1. The fourth-order valence-electron chi connectivity index (χ4n) is 2.95. The number of pyridine rings is 1. The first kappa shape index (κ1) is 25.1. The Kier molecular flexibility index (Phi) is 7.50. The molecule has 1 amide bonds. The van der Waals surface area contributed by atoms with Gasteiger partial charge in [0.25, 0.3) is 11.3 Å². The molecular weight excluding hydrogens is 451 g/mol. The smallest absolute Gasteiger partial charge is 0.344 e. The molecule has 0 saturated carbocycles. The molecule has 1 unspecified atom stereocenters. The van der Waals surface area contributed by atoms with Gasteiger partial charge in [-0.05, 0) is 23.6 Å². The number of hydrogen-bond donors (Lipinski definition) is 2. The predicted octanol–water partition coefficient (Wildman–Crippen LogP) is 2.16. The van der Waals surface area contributed by atoms with Crippen molar-refractivity contribution in [2.75, 3.05) is 11.0 Å².